The van der Waals surface area contributed by atoms with E-state index in [1.165, 1.54) is 12.1 Å². The van der Waals surface area contributed by atoms with E-state index in [0.717, 1.165) is 31.7 Å². The fourth-order valence-electron chi connectivity index (χ4n) is 4.16. The molecule has 31 heavy (non-hydrogen) atoms. The number of benzene rings is 1. The molecule has 0 unspecified atom stereocenters. The predicted molar refractivity (Wildman–Crippen MR) is 118 cm³/mol. The number of nitrogens with zero attached hydrogens (tertiary/aromatic N) is 1. The SMILES string of the molecule is Cc1c(C(=O)Nc2ccc(F)c(Cl)c2)c(C)n(C)c1C(=O)C(=O)NC1CCC(C)CC1. The fourth-order valence-corrected chi connectivity index (χ4v) is 4.34. The molecule has 1 aliphatic carbocycles. The molecule has 2 aromatic rings. The van der Waals surface area contributed by atoms with Gasteiger partial charge < -0.3 is 15.2 Å². The summed E-state index contributed by atoms with van der Waals surface area (Å²) in [5, 5.41) is 5.41. The van der Waals surface area contributed by atoms with Crippen LogP contribution in [-0.2, 0) is 11.8 Å². The van der Waals surface area contributed by atoms with Gasteiger partial charge in [-0.25, -0.2) is 4.39 Å². The number of Topliss-reactive ketones (excluding diaryl/α,β-unsaturated/α-hetero) is 1. The Kier molecular flexibility index (Phi) is 6.84. The van der Waals surface area contributed by atoms with Gasteiger partial charge in [0.05, 0.1) is 16.3 Å². The number of anilines is 1. The van der Waals surface area contributed by atoms with Gasteiger partial charge in [0, 0.05) is 24.5 Å². The molecule has 0 saturated heterocycles. The minimum atomic E-state index is -0.661. The topological polar surface area (TPSA) is 80.2 Å². The quantitative estimate of drug-likeness (QED) is 0.520. The molecule has 8 heteroatoms. The molecule has 6 nitrogen and oxygen atoms in total. The lowest BCUT2D eigenvalue weighted by Crippen LogP contribution is -2.41. The van der Waals surface area contributed by atoms with Crippen molar-refractivity contribution in [3.63, 3.8) is 0 Å². The van der Waals surface area contributed by atoms with Crippen LogP contribution in [0, 0.1) is 25.6 Å². The molecule has 1 fully saturated rings. The number of amides is 2. The van der Waals surface area contributed by atoms with Crippen molar-refractivity contribution in [1.29, 1.82) is 0 Å². The molecule has 166 valence electrons. The van der Waals surface area contributed by atoms with E-state index in [1.807, 2.05) is 0 Å². The summed E-state index contributed by atoms with van der Waals surface area (Å²) in [6, 6.07) is 3.87. The van der Waals surface area contributed by atoms with Crippen LogP contribution < -0.4 is 10.6 Å². The van der Waals surface area contributed by atoms with Crippen molar-refractivity contribution in [1.82, 2.24) is 9.88 Å². The van der Waals surface area contributed by atoms with Gasteiger partial charge in [0.15, 0.2) is 0 Å². The molecular formula is C23H27ClFN3O3. The second-order valence-corrected chi connectivity index (χ2v) is 8.74. The second-order valence-electron chi connectivity index (χ2n) is 8.34. The average Bonchev–Trinajstić information content (AvgIpc) is 2.94. The maximum atomic E-state index is 13.4. The molecule has 1 aromatic carbocycles. The molecule has 1 aromatic heterocycles. The van der Waals surface area contributed by atoms with Crippen molar-refractivity contribution in [3.05, 3.63) is 51.6 Å². The first kappa shape index (κ1) is 23.0. The summed E-state index contributed by atoms with van der Waals surface area (Å²) in [6.07, 6.45) is 3.77. The highest BCUT2D eigenvalue weighted by Gasteiger charge is 2.30. The molecule has 2 amide bonds. The van der Waals surface area contributed by atoms with Crippen molar-refractivity contribution in [2.45, 2.75) is 52.5 Å². The zero-order valence-electron chi connectivity index (χ0n) is 18.1. The molecule has 0 spiro atoms. The van der Waals surface area contributed by atoms with E-state index < -0.39 is 23.4 Å². The Hall–Kier alpha value is -2.67. The van der Waals surface area contributed by atoms with Crippen LogP contribution >= 0.6 is 11.6 Å². The number of hydrogen-bond acceptors (Lipinski definition) is 3. The first-order valence-corrected chi connectivity index (χ1v) is 10.7. The number of carbonyl (C=O) groups excluding carboxylic acids is 3. The first-order valence-electron chi connectivity index (χ1n) is 10.4. The largest absolute Gasteiger partial charge is 0.346 e. The summed E-state index contributed by atoms with van der Waals surface area (Å²) in [4.78, 5) is 38.4. The number of ketones is 1. The third-order valence-corrected chi connectivity index (χ3v) is 6.40. The highest BCUT2D eigenvalue weighted by Crippen LogP contribution is 2.26. The van der Waals surface area contributed by atoms with E-state index in [2.05, 4.69) is 17.6 Å². The number of nitrogens with one attached hydrogen (secondary N) is 2. The molecule has 1 saturated carbocycles. The molecular weight excluding hydrogens is 421 g/mol. The molecule has 3 rings (SSSR count). The summed E-state index contributed by atoms with van der Waals surface area (Å²) < 4.78 is 14.9. The van der Waals surface area contributed by atoms with Gasteiger partial charge in [-0.1, -0.05) is 18.5 Å². The lowest BCUT2D eigenvalue weighted by Gasteiger charge is -2.26. The van der Waals surface area contributed by atoms with E-state index in [0.29, 0.717) is 28.4 Å². The van der Waals surface area contributed by atoms with Crippen LogP contribution in [0.3, 0.4) is 0 Å². The van der Waals surface area contributed by atoms with E-state index in [1.54, 1.807) is 25.5 Å². The predicted octanol–water partition coefficient (Wildman–Crippen LogP) is 4.56. The second kappa shape index (κ2) is 9.22. The fraction of sp³-hybridized carbons (Fsp3) is 0.435. The van der Waals surface area contributed by atoms with E-state index >= 15 is 0 Å². The Bertz CT molecular complexity index is 1040. The van der Waals surface area contributed by atoms with Gasteiger partial charge in [0.2, 0.25) is 0 Å². The van der Waals surface area contributed by atoms with Gasteiger partial charge >= 0.3 is 0 Å². The first-order chi connectivity index (χ1) is 14.6. The third kappa shape index (κ3) is 4.82. The Morgan fingerprint density at radius 2 is 1.77 bits per heavy atom. The maximum absolute atomic E-state index is 13.4. The lowest BCUT2D eigenvalue weighted by atomic mass is 9.87. The Labute approximate surface area is 186 Å². The van der Waals surface area contributed by atoms with Crippen LogP contribution in [0.15, 0.2) is 18.2 Å². The summed E-state index contributed by atoms with van der Waals surface area (Å²) in [7, 11) is 1.65. The van der Waals surface area contributed by atoms with Crippen LogP contribution in [0.1, 0.15) is 64.7 Å². The smallest absolute Gasteiger partial charge is 0.294 e. The van der Waals surface area contributed by atoms with Gasteiger partial charge in [-0.2, -0.15) is 0 Å². The van der Waals surface area contributed by atoms with Crippen molar-refractivity contribution < 1.29 is 18.8 Å². The van der Waals surface area contributed by atoms with Crippen LogP contribution in [0.4, 0.5) is 10.1 Å². The van der Waals surface area contributed by atoms with Crippen molar-refractivity contribution in [2.75, 3.05) is 5.32 Å². The molecule has 0 radical (unpaired) electrons. The number of carbonyl (C=O) groups is 3. The van der Waals surface area contributed by atoms with Gasteiger partial charge in [0.1, 0.15) is 5.82 Å². The maximum Gasteiger partial charge on any atom is 0.294 e. The third-order valence-electron chi connectivity index (χ3n) is 6.11. The van der Waals surface area contributed by atoms with Crippen LogP contribution in [0.25, 0.3) is 0 Å². The summed E-state index contributed by atoms with van der Waals surface area (Å²) in [5.41, 5.74) is 1.78. The minimum absolute atomic E-state index is 0.000292. The summed E-state index contributed by atoms with van der Waals surface area (Å²) in [5.74, 6) is -1.73. The molecule has 1 aliphatic rings. The minimum Gasteiger partial charge on any atom is -0.346 e. The summed E-state index contributed by atoms with van der Waals surface area (Å²) in [6.45, 7) is 5.53. The van der Waals surface area contributed by atoms with Crippen molar-refractivity contribution in [2.24, 2.45) is 13.0 Å². The van der Waals surface area contributed by atoms with Gasteiger partial charge in [-0.05, 0) is 69.2 Å². The Morgan fingerprint density at radius 1 is 1.13 bits per heavy atom. The zero-order chi connectivity index (χ0) is 22.9. The van der Waals surface area contributed by atoms with E-state index in [4.69, 9.17) is 11.6 Å². The number of halogens is 2. The Morgan fingerprint density at radius 3 is 2.39 bits per heavy atom. The molecule has 0 aliphatic heterocycles. The van der Waals surface area contributed by atoms with E-state index in [-0.39, 0.29) is 16.8 Å². The van der Waals surface area contributed by atoms with Crippen molar-refractivity contribution in [3.8, 4) is 0 Å². The molecule has 0 atom stereocenters. The van der Waals surface area contributed by atoms with Gasteiger partial charge in [-0.15, -0.1) is 0 Å². The molecule has 0 bridgehead atoms. The van der Waals surface area contributed by atoms with Crippen LogP contribution in [0.5, 0.6) is 0 Å². The number of aromatic nitrogens is 1. The monoisotopic (exact) mass is 447 g/mol. The normalized spacial score (nSPS) is 18.5. The van der Waals surface area contributed by atoms with E-state index in [9.17, 15) is 18.8 Å². The van der Waals surface area contributed by atoms with Gasteiger partial charge in [0.25, 0.3) is 17.6 Å². The van der Waals surface area contributed by atoms with Crippen molar-refractivity contribution >= 4 is 34.9 Å². The highest BCUT2D eigenvalue weighted by molar-refractivity contribution is 6.43. The standard InChI is InChI=1S/C23H27ClFN3O3/c1-12-5-7-15(8-6-12)26-23(31)21(29)20-13(2)19(14(3)28(20)4)22(30)27-16-9-10-18(25)17(24)11-16/h9-12,15H,5-8H2,1-4H3,(H,26,31)(H,27,30). The number of hydrogen-bond donors (Lipinski definition) is 2. The highest BCUT2D eigenvalue weighted by atomic mass is 35.5. The Balaban J connectivity index is 1.80. The molecule has 2 N–H and O–H groups in total. The van der Waals surface area contributed by atoms with Gasteiger partial charge in [-0.3, -0.25) is 14.4 Å². The lowest BCUT2D eigenvalue weighted by molar-refractivity contribution is -0.118. The average molecular weight is 448 g/mol. The number of rotatable bonds is 5. The van der Waals surface area contributed by atoms with Crippen LogP contribution in [0.2, 0.25) is 5.02 Å². The zero-order valence-corrected chi connectivity index (χ0v) is 18.9. The molecule has 1 heterocycles. The van der Waals surface area contributed by atoms with Crippen LogP contribution in [-0.4, -0.2) is 28.2 Å². The summed E-state index contributed by atoms with van der Waals surface area (Å²) >= 11 is 5.78.